The summed E-state index contributed by atoms with van der Waals surface area (Å²) >= 11 is 0. The first-order valence-corrected chi connectivity index (χ1v) is 18.1. The van der Waals surface area contributed by atoms with Crippen molar-refractivity contribution in [3.63, 3.8) is 0 Å². The summed E-state index contributed by atoms with van der Waals surface area (Å²) in [4.78, 5) is 28.5. The molecule has 15 heteroatoms. The van der Waals surface area contributed by atoms with Gasteiger partial charge in [-0.1, -0.05) is 0 Å². The molecule has 5 heterocycles. The molecule has 48 heavy (non-hydrogen) atoms. The molecule has 0 unspecified atom stereocenters. The first-order valence-electron chi connectivity index (χ1n) is 16.6. The minimum Gasteiger partial charge on any atom is -0.451 e. The van der Waals surface area contributed by atoms with Gasteiger partial charge in [0.1, 0.15) is 22.8 Å². The van der Waals surface area contributed by atoms with Gasteiger partial charge in [-0.15, -0.1) is 0 Å². The van der Waals surface area contributed by atoms with Gasteiger partial charge in [0.25, 0.3) is 5.91 Å². The van der Waals surface area contributed by atoms with Crippen LogP contribution in [0.2, 0.25) is 0 Å². The third-order valence-electron chi connectivity index (χ3n) is 9.69. The van der Waals surface area contributed by atoms with Crippen molar-refractivity contribution < 1.29 is 27.1 Å². The van der Waals surface area contributed by atoms with Crippen molar-refractivity contribution in [1.29, 1.82) is 0 Å². The number of ether oxygens (including phenoxy) is 2. The van der Waals surface area contributed by atoms with Crippen molar-refractivity contribution in [2.45, 2.75) is 69.5 Å². The van der Waals surface area contributed by atoms with Crippen LogP contribution in [-0.4, -0.2) is 108 Å². The summed E-state index contributed by atoms with van der Waals surface area (Å²) < 4.78 is 56.1. The van der Waals surface area contributed by atoms with Gasteiger partial charge in [0.05, 0.1) is 30.7 Å². The number of hydrogen-bond donors (Lipinski definition) is 1. The lowest BCUT2D eigenvalue weighted by Gasteiger charge is -2.54. The Balaban J connectivity index is 1.00. The lowest BCUT2D eigenvalue weighted by atomic mass is 9.72. The fourth-order valence-corrected chi connectivity index (χ4v) is 8.23. The van der Waals surface area contributed by atoms with E-state index in [2.05, 4.69) is 29.6 Å². The van der Waals surface area contributed by atoms with E-state index in [1.165, 1.54) is 41.6 Å². The molecule has 2 atom stereocenters. The Morgan fingerprint density at radius 1 is 1.19 bits per heavy atom. The number of nitrogens with one attached hydrogen (secondary N) is 1. The third-order valence-corrected chi connectivity index (χ3v) is 11.2. The van der Waals surface area contributed by atoms with Crippen molar-refractivity contribution in [2.24, 2.45) is 12.5 Å². The molecule has 1 N–H and O–H groups in total. The Labute approximate surface area is 281 Å². The van der Waals surface area contributed by atoms with Crippen LogP contribution in [0.1, 0.15) is 56.8 Å². The Morgan fingerprint density at radius 2 is 1.96 bits per heavy atom. The summed E-state index contributed by atoms with van der Waals surface area (Å²) in [6, 6.07) is 3.69. The summed E-state index contributed by atoms with van der Waals surface area (Å²) in [6.07, 6.45) is 9.60. The predicted molar refractivity (Wildman–Crippen MR) is 177 cm³/mol. The van der Waals surface area contributed by atoms with Gasteiger partial charge < -0.3 is 24.2 Å². The summed E-state index contributed by atoms with van der Waals surface area (Å²) in [5, 5.41) is 3.96. The SMILES string of the molecule is CCN(C(=O)c1cc(F)ccc1Oc1cncnc1N1CC2(CCN(C[C@@H]3CC[C@@H](NS(=O)(=O)c4cnn(C)c4)CO3)CC2)C1)C(C)C. The molecule has 1 spiro atoms. The number of rotatable bonds is 11. The Kier molecular flexibility index (Phi) is 10.0. The second kappa shape index (κ2) is 14.1. The van der Waals surface area contributed by atoms with Gasteiger partial charge in [-0.2, -0.15) is 5.10 Å². The van der Waals surface area contributed by atoms with Gasteiger partial charge in [0.15, 0.2) is 11.6 Å². The van der Waals surface area contributed by atoms with Crippen molar-refractivity contribution >= 4 is 21.7 Å². The number of anilines is 1. The number of halogens is 1. The first-order chi connectivity index (χ1) is 22.9. The molecular weight excluding hydrogens is 639 g/mol. The van der Waals surface area contributed by atoms with E-state index in [4.69, 9.17) is 9.47 Å². The molecule has 3 aliphatic rings. The molecule has 3 aromatic rings. The van der Waals surface area contributed by atoms with Crippen LogP contribution in [0.15, 0.2) is 48.0 Å². The van der Waals surface area contributed by atoms with Gasteiger partial charge >= 0.3 is 0 Å². The molecule has 13 nitrogen and oxygen atoms in total. The molecule has 0 aliphatic carbocycles. The molecular formula is C33H45FN8O5S. The molecule has 0 radical (unpaired) electrons. The van der Waals surface area contributed by atoms with Crippen LogP contribution in [0.5, 0.6) is 11.5 Å². The van der Waals surface area contributed by atoms with E-state index >= 15 is 0 Å². The second-order valence-electron chi connectivity index (χ2n) is 13.5. The number of hydrogen-bond acceptors (Lipinski definition) is 10. The smallest absolute Gasteiger partial charge is 0.257 e. The van der Waals surface area contributed by atoms with Crippen LogP contribution >= 0.6 is 0 Å². The summed E-state index contributed by atoms with van der Waals surface area (Å²) in [5.41, 5.74) is 0.342. The quantitative estimate of drug-likeness (QED) is 0.320. The maximum absolute atomic E-state index is 14.3. The normalized spacial score (nSPS) is 21.3. The largest absolute Gasteiger partial charge is 0.451 e. The van der Waals surface area contributed by atoms with Crippen molar-refractivity contribution in [2.75, 3.05) is 50.8 Å². The number of carbonyl (C=O) groups is 1. The molecule has 1 aromatic carbocycles. The molecule has 0 saturated carbocycles. The predicted octanol–water partition coefficient (Wildman–Crippen LogP) is 3.44. The van der Waals surface area contributed by atoms with Crippen LogP contribution < -0.4 is 14.4 Å². The number of carbonyl (C=O) groups excluding carboxylic acids is 1. The molecule has 0 bridgehead atoms. The number of aromatic nitrogens is 4. The Hall–Kier alpha value is -3.66. The maximum Gasteiger partial charge on any atom is 0.257 e. The first kappa shape index (κ1) is 34.2. The van der Waals surface area contributed by atoms with Crippen LogP contribution in [0.25, 0.3) is 0 Å². The van der Waals surface area contributed by atoms with Crippen LogP contribution in [0, 0.1) is 11.2 Å². The van der Waals surface area contributed by atoms with E-state index in [-0.39, 0.29) is 45.7 Å². The van der Waals surface area contributed by atoms with Crippen LogP contribution in [-0.2, 0) is 21.8 Å². The molecule has 3 fully saturated rings. The van der Waals surface area contributed by atoms with E-state index in [9.17, 15) is 17.6 Å². The average molecular weight is 685 g/mol. The van der Waals surface area contributed by atoms with Gasteiger partial charge in [-0.3, -0.25) is 9.48 Å². The van der Waals surface area contributed by atoms with Gasteiger partial charge in [-0.05, 0) is 77.7 Å². The van der Waals surface area contributed by atoms with Crippen LogP contribution in [0.4, 0.5) is 10.2 Å². The fourth-order valence-electron chi connectivity index (χ4n) is 6.99. The molecule has 6 rings (SSSR count). The Bertz CT molecular complexity index is 1700. The average Bonchev–Trinajstić information content (AvgIpc) is 3.50. The second-order valence-corrected chi connectivity index (χ2v) is 15.2. The van der Waals surface area contributed by atoms with E-state index < -0.39 is 15.8 Å². The zero-order valence-electron chi connectivity index (χ0n) is 28.0. The monoisotopic (exact) mass is 684 g/mol. The standard InChI is InChI=1S/C33H45FN8O5S/c1-5-42(23(2)3)32(43)28-14-24(34)6-9-29(28)47-30-16-35-22-36-31(30)41-20-33(21-41)10-12-40(13-11-33)17-26-8-7-25(19-46-26)38-48(44,45)27-15-37-39(4)18-27/h6,9,14-16,18,22-23,25-26,38H,5,7-8,10-13,17,19-21H2,1-4H3/t25-,26+/m1/s1. The number of sulfonamides is 1. The fraction of sp³-hybridized carbons (Fsp3) is 0.576. The van der Waals surface area contributed by atoms with Gasteiger partial charge in [0, 0.05) is 56.9 Å². The van der Waals surface area contributed by atoms with Crippen LogP contribution in [0.3, 0.4) is 0 Å². The minimum absolute atomic E-state index is 0.0489. The summed E-state index contributed by atoms with van der Waals surface area (Å²) in [7, 11) is -1.94. The van der Waals surface area contributed by atoms with Gasteiger partial charge in [0.2, 0.25) is 10.0 Å². The van der Waals surface area contributed by atoms with Crippen molar-refractivity contribution in [3.05, 3.63) is 54.5 Å². The number of aryl methyl sites for hydroxylation is 1. The number of likely N-dealkylation sites (tertiary alicyclic amines) is 1. The zero-order chi connectivity index (χ0) is 34.1. The van der Waals surface area contributed by atoms with Gasteiger partial charge in [-0.25, -0.2) is 27.5 Å². The molecule has 2 aromatic heterocycles. The molecule has 260 valence electrons. The zero-order valence-corrected chi connectivity index (χ0v) is 28.8. The summed E-state index contributed by atoms with van der Waals surface area (Å²) in [5.74, 6) is 0.547. The van der Waals surface area contributed by atoms with E-state index in [1.807, 2.05) is 20.8 Å². The highest BCUT2D eigenvalue weighted by Gasteiger charge is 2.46. The lowest BCUT2D eigenvalue weighted by Crippen LogP contribution is -2.61. The highest BCUT2D eigenvalue weighted by molar-refractivity contribution is 7.89. The van der Waals surface area contributed by atoms with E-state index in [0.29, 0.717) is 24.7 Å². The number of piperidine rings is 1. The van der Waals surface area contributed by atoms with Crippen molar-refractivity contribution in [3.8, 4) is 11.5 Å². The number of benzene rings is 1. The van der Waals surface area contributed by atoms with E-state index in [1.54, 1.807) is 18.1 Å². The number of amides is 1. The highest BCUT2D eigenvalue weighted by Crippen LogP contribution is 2.45. The molecule has 1 amide bonds. The lowest BCUT2D eigenvalue weighted by molar-refractivity contribution is -0.0299. The molecule has 3 saturated heterocycles. The highest BCUT2D eigenvalue weighted by atomic mass is 32.2. The Morgan fingerprint density at radius 3 is 2.60 bits per heavy atom. The van der Waals surface area contributed by atoms with E-state index in [0.717, 1.165) is 58.4 Å². The number of nitrogens with zero attached hydrogens (tertiary/aromatic N) is 7. The minimum atomic E-state index is -3.62. The maximum atomic E-state index is 14.3. The summed E-state index contributed by atoms with van der Waals surface area (Å²) in [6.45, 7) is 11.0. The topological polar surface area (TPSA) is 135 Å². The third kappa shape index (κ3) is 7.48. The van der Waals surface area contributed by atoms with Crippen molar-refractivity contribution in [1.82, 2.24) is 34.3 Å². The molecule has 3 aliphatic heterocycles.